The smallest absolute Gasteiger partial charge is 0.433 e. The molecule has 1 aromatic heterocycles. The molecule has 10 heteroatoms. The van der Waals surface area contributed by atoms with Gasteiger partial charge in [-0.2, -0.15) is 13.2 Å². The number of aromatic nitrogens is 1. The van der Waals surface area contributed by atoms with Crippen molar-refractivity contribution < 1.29 is 33.0 Å². The van der Waals surface area contributed by atoms with E-state index in [4.69, 9.17) is 10.2 Å². The minimum Gasteiger partial charge on any atom is -0.480 e. The molecule has 0 saturated carbocycles. The molecule has 110 valence electrons. The van der Waals surface area contributed by atoms with Crippen LogP contribution in [-0.2, 0) is 11.0 Å². The van der Waals surface area contributed by atoms with Crippen molar-refractivity contribution in [3.8, 4) is 0 Å². The fourth-order valence-electron chi connectivity index (χ4n) is 1.15. The summed E-state index contributed by atoms with van der Waals surface area (Å²) in [5.74, 6) is -1.45. The van der Waals surface area contributed by atoms with Crippen molar-refractivity contribution in [1.82, 2.24) is 10.3 Å². The van der Waals surface area contributed by atoms with Gasteiger partial charge in [-0.25, -0.2) is 14.6 Å². The van der Waals surface area contributed by atoms with Crippen molar-refractivity contribution in [2.45, 2.75) is 12.2 Å². The standard InChI is InChI=1S/C10H10F3N3O4/c11-10(12,13)7-2-1-5(3-14-7)15-9(20)16-6(4-17)8(18)19/h1-3,6,17H,4H2,(H,18,19)(H2,15,16,20)/t6-/m1/s1. The first-order valence-electron chi connectivity index (χ1n) is 5.18. The molecule has 0 aliphatic carbocycles. The predicted octanol–water partition coefficient (Wildman–Crippen LogP) is 0.667. The molecule has 0 aromatic carbocycles. The number of rotatable bonds is 4. The molecule has 0 radical (unpaired) electrons. The number of hydrogen-bond acceptors (Lipinski definition) is 4. The van der Waals surface area contributed by atoms with Gasteiger partial charge in [0.15, 0.2) is 6.04 Å². The van der Waals surface area contributed by atoms with Crippen LogP contribution in [-0.4, -0.2) is 39.8 Å². The monoisotopic (exact) mass is 293 g/mol. The molecule has 0 unspecified atom stereocenters. The van der Waals surface area contributed by atoms with Crippen LogP contribution < -0.4 is 10.6 Å². The van der Waals surface area contributed by atoms with Crippen molar-refractivity contribution in [3.63, 3.8) is 0 Å². The third-order valence-electron chi connectivity index (χ3n) is 2.10. The Morgan fingerprint density at radius 3 is 2.40 bits per heavy atom. The fourth-order valence-corrected chi connectivity index (χ4v) is 1.15. The summed E-state index contributed by atoms with van der Waals surface area (Å²) in [4.78, 5) is 25.0. The highest BCUT2D eigenvalue weighted by atomic mass is 19.4. The molecule has 0 aliphatic heterocycles. The highest BCUT2D eigenvalue weighted by molar-refractivity contribution is 5.92. The molecule has 1 rings (SSSR count). The summed E-state index contributed by atoms with van der Waals surface area (Å²) in [6, 6.07) is -0.883. The number of anilines is 1. The quantitative estimate of drug-likeness (QED) is 0.652. The van der Waals surface area contributed by atoms with E-state index in [1.165, 1.54) is 0 Å². The fraction of sp³-hybridized carbons (Fsp3) is 0.300. The Morgan fingerprint density at radius 2 is 2.00 bits per heavy atom. The number of nitrogens with zero attached hydrogens (tertiary/aromatic N) is 1. The van der Waals surface area contributed by atoms with E-state index in [1.807, 2.05) is 5.32 Å². The number of hydrogen-bond donors (Lipinski definition) is 4. The lowest BCUT2D eigenvalue weighted by Crippen LogP contribution is -2.45. The van der Waals surface area contributed by atoms with Gasteiger partial charge in [0.1, 0.15) is 5.69 Å². The molecular weight excluding hydrogens is 283 g/mol. The number of halogens is 3. The Balaban J connectivity index is 2.65. The third kappa shape index (κ3) is 4.39. The zero-order chi connectivity index (χ0) is 15.3. The van der Waals surface area contributed by atoms with Gasteiger partial charge in [-0.05, 0) is 12.1 Å². The molecule has 2 amide bonds. The number of carbonyl (C=O) groups is 2. The maximum absolute atomic E-state index is 12.2. The van der Waals surface area contributed by atoms with Gasteiger partial charge in [-0.15, -0.1) is 0 Å². The molecule has 0 bridgehead atoms. The Bertz CT molecular complexity index is 490. The number of aliphatic hydroxyl groups excluding tert-OH is 1. The van der Waals surface area contributed by atoms with Crippen molar-refractivity contribution in [3.05, 3.63) is 24.0 Å². The van der Waals surface area contributed by atoms with Crippen LogP contribution >= 0.6 is 0 Å². The van der Waals surface area contributed by atoms with E-state index in [2.05, 4.69) is 10.3 Å². The van der Waals surface area contributed by atoms with Crippen molar-refractivity contribution in [2.75, 3.05) is 11.9 Å². The Morgan fingerprint density at radius 1 is 1.35 bits per heavy atom. The molecule has 0 aliphatic rings. The molecule has 1 aromatic rings. The SMILES string of the molecule is O=C(Nc1ccc(C(F)(F)F)nc1)N[C@H](CO)C(=O)O. The molecule has 0 spiro atoms. The third-order valence-corrected chi connectivity index (χ3v) is 2.10. The number of carboxylic acid groups (broad SMARTS) is 1. The Labute approximate surface area is 110 Å². The summed E-state index contributed by atoms with van der Waals surface area (Å²) in [6.07, 6.45) is -3.82. The number of urea groups is 1. The number of aliphatic carboxylic acids is 1. The largest absolute Gasteiger partial charge is 0.480 e. The molecule has 1 heterocycles. The van der Waals surface area contributed by atoms with Crippen LogP contribution in [0.3, 0.4) is 0 Å². The summed E-state index contributed by atoms with van der Waals surface area (Å²) in [6.45, 7) is -0.825. The molecule has 0 fully saturated rings. The van der Waals surface area contributed by atoms with Crippen LogP contribution in [0.2, 0.25) is 0 Å². The second kappa shape index (κ2) is 6.19. The second-order valence-corrected chi connectivity index (χ2v) is 3.60. The average Bonchev–Trinajstić information content (AvgIpc) is 2.35. The van der Waals surface area contributed by atoms with Gasteiger partial charge < -0.3 is 20.8 Å². The van der Waals surface area contributed by atoms with E-state index in [0.29, 0.717) is 6.07 Å². The Hall–Kier alpha value is -2.36. The number of nitrogens with one attached hydrogen (secondary N) is 2. The predicted molar refractivity (Wildman–Crippen MR) is 59.9 cm³/mol. The molecule has 0 saturated heterocycles. The maximum atomic E-state index is 12.2. The number of alkyl halides is 3. The van der Waals surface area contributed by atoms with E-state index >= 15 is 0 Å². The van der Waals surface area contributed by atoms with E-state index < -0.39 is 36.5 Å². The number of amides is 2. The molecule has 4 N–H and O–H groups in total. The number of pyridine rings is 1. The number of aliphatic hydroxyl groups is 1. The van der Waals surface area contributed by atoms with Crippen molar-refractivity contribution in [1.29, 1.82) is 0 Å². The van der Waals surface area contributed by atoms with Crippen LogP contribution in [0.25, 0.3) is 0 Å². The minimum atomic E-state index is -4.59. The summed E-state index contributed by atoms with van der Waals surface area (Å²) >= 11 is 0. The van der Waals surface area contributed by atoms with Crippen LogP contribution in [0, 0.1) is 0 Å². The van der Waals surface area contributed by atoms with E-state index in [1.54, 1.807) is 0 Å². The van der Waals surface area contributed by atoms with E-state index in [9.17, 15) is 22.8 Å². The van der Waals surface area contributed by atoms with Gasteiger partial charge in [-0.3, -0.25) is 0 Å². The zero-order valence-electron chi connectivity index (χ0n) is 9.81. The topological polar surface area (TPSA) is 112 Å². The zero-order valence-corrected chi connectivity index (χ0v) is 9.81. The van der Waals surface area contributed by atoms with Gasteiger partial charge in [0.25, 0.3) is 0 Å². The van der Waals surface area contributed by atoms with E-state index in [-0.39, 0.29) is 5.69 Å². The van der Waals surface area contributed by atoms with Crippen LogP contribution in [0.15, 0.2) is 18.3 Å². The van der Waals surface area contributed by atoms with Gasteiger partial charge in [0.05, 0.1) is 18.5 Å². The first kappa shape index (κ1) is 15.7. The van der Waals surface area contributed by atoms with Crippen molar-refractivity contribution >= 4 is 17.7 Å². The summed E-state index contributed by atoms with van der Waals surface area (Å²) in [5.41, 5.74) is -1.18. The van der Waals surface area contributed by atoms with E-state index in [0.717, 1.165) is 12.3 Å². The first-order chi connectivity index (χ1) is 9.24. The van der Waals surface area contributed by atoms with Crippen molar-refractivity contribution in [2.24, 2.45) is 0 Å². The number of carbonyl (C=O) groups excluding carboxylic acids is 1. The highest BCUT2D eigenvalue weighted by Crippen LogP contribution is 2.27. The molecule has 1 atom stereocenters. The summed E-state index contributed by atoms with van der Waals surface area (Å²) < 4.78 is 36.7. The maximum Gasteiger partial charge on any atom is 0.433 e. The average molecular weight is 293 g/mol. The molecular formula is C10H10F3N3O4. The number of carboxylic acids is 1. The molecule has 7 nitrogen and oxygen atoms in total. The van der Waals surface area contributed by atoms with Crippen LogP contribution in [0.1, 0.15) is 5.69 Å². The summed E-state index contributed by atoms with van der Waals surface area (Å²) in [5, 5.41) is 21.2. The van der Waals surface area contributed by atoms with Gasteiger partial charge >= 0.3 is 18.2 Å². The van der Waals surface area contributed by atoms with Crippen LogP contribution in [0.4, 0.5) is 23.7 Å². The summed E-state index contributed by atoms with van der Waals surface area (Å²) in [7, 11) is 0. The normalized spacial score (nSPS) is 12.6. The molecule has 20 heavy (non-hydrogen) atoms. The second-order valence-electron chi connectivity index (χ2n) is 3.60. The van der Waals surface area contributed by atoms with Gasteiger partial charge in [-0.1, -0.05) is 0 Å². The van der Waals surface area contributed by atoms with Gasteiger partial charge in [0.2, 0.25) is 0 Å². The first-order valence-corrected chi connectivity index (χ1v) is 5.18. The minimum absolute atomic E-state index is 0.0578. The Kier molecular flexibility index (Phi) is 4.86. The highest BCUT2D eigenvalue weighted by Gasteiger charge is 2.32. The lowest BCUT2D eigenvalue weighted by Gasteiger charge is -2.12. The van der Waals surface area contributed by atoms with Gasteiger partial charge in [0, 0.05) is 0 Å². The lowest BCUT2D eigenvalue weighted by molar-refractivity contribution is -0.141. The lowest BCUT2D eigenvalue weighted by atomic mass is 10.3. The van der Waals surface area contributed by atoms with Crippen LogP contribution in [0.5, 0.6) is 0 Å².